The van der Waals surface area contributed by atoms with E-state index < -0.39 is 18.3 Å². The van der Waals surface area contributed by atoms with Crippen LogP contribution in [0.5, 0.6) is 0 Å². The van der Waals surface area contributed by atoms with Gasteiger partial charge in [0.1, 0.15) is 0 Å². The number of halogens is 4. The highest BCUT2D eigenvalue weighted by Crippen LogP contribution is 2.57. The fourth-order valence-corrected chi connectivity index (χ4v) is 3.32. The summed E-state index contributed by atoms with van der Waals surface area (Å²) in [4.78, 5) is 1.51. The molecule has 1 fully saturated rings. The molecular weight excluding hydrogens is 263 g/mol. The molecule has 0 aromatic heterocycles. The lowest BCUT2D eigenvalue weighted by Gasteiger charge is -2.40. The van der Waals surface area contributed by atoms with Gasteiger partial charge in [-0.1, -0.05) is 24.3 Å². The zero-order chi connectivity index (χ0) is 13.0. The molecule has 2 aliphatic rings. The van der Waals surface area contributed by atoms with Gasteiger partial charge in [-0.25, -0.2) is 0 Å². The highest BCUT2D eigenvalue weighted by Gasteiger charge is 2.55. The molecule has 1 spiro atoms. The number of hydrogen-bond donors (Lipinski definition) is 0. The van der Waals surface area contributed by atoms with Crippen molar-refractivity contribution in [3.63, 3.8) is 0 Å². The van der Waals surface area contributed by atoms with Crippen LogP contribution in [0.4, 0.5) is 13.2 Å². The largest absolute Gasteiger partial charge is 0.401 e. The minimum Gasteiger partial charge on any atom is -0.283 e. The maximum Gasteiger partial charge on any atom is 0.401 e. The molecule has 0 N–H and O–H groups in total. The minimum atomic E-state index is -4.17. The first-order valence-corrected chi connectivity index (χ1v) is 6.41. The lowest BCUT2D eigenvalue weighted by Crippen LogP contribution is -2.46. The van der Waals surface area contributed by atoms with Crippen LogP contribution in [-0.4, -0.2) is 24.2 Å². The number of alkyl halides is 4. The van der Waals surface area contributed by atoms with Crippen molar-refractivity contribution in [3.8, 4) is 0 Å². The summed E-state index contributed by atoms with van der Waals surface area (Å²) < 4.78 is 37.9. The Hall–Kier alpha value is -0.740. The number of benzene rings is 1. The van der Waals surface area contributed by atoms with Gasteiger partial charge in [0, 0.05) is 12.1 Å². The normalized spacial score (nSPS) is 26.1. The predicted octanol–water partition coefficient (Wildman–Crippen LogP) is 3.83. The van der Waals surface area contributed by atoms with Crippen LogP contribution in [0.15, 0.2) is 24.3 Å². The Morgan fingerprint density at radius 2 is 1.94 bits per heavy atom. The molecule has 0 saturated heterocycles. The van der Waals surface area contributed by atoms with Gasteiger partial charge in [0.05, 0.1) is 11.9 Å². The maximum atomic E-state index is 12.6. The van der Waals surface area contributed by atoms with Crippen molar-refractivity contribution >= 4 is 11.6 Å². The lowest BCUT2D eigenvalue weighted by molar-refractivity contribution is -0.154. The molecule has 98 valence electrons. The van der Waals surface area contributed by atoms with Crippen molar-refractivity contribution in [3.05, 3.63) is 35.4 Å². The van der Waals surface area contributed by atoms with E-state index in [0.717, 1.165) is 24.0 Å². The first-order chi connectivity index (χ1) is 8.42. The van der Waals surface area contributed by atoms with E-state index in [-0.39, 0.29) is 11.9 Å². The highest BCUT2D eigenvalue weighted by molar-refractivity contribution is 6.21. The van der Waals surface area contributed by atoms with Crippen LogP contribution in [0.3, 0.4) is 0 Å². The average Bonchev–Trinajstić information content (AvgIpc) is 3.06. The standard InChI is InChI=1S/C13H13ClF3N/c14-11-7-18(8-13(15,16)17)12(5-6-12)10-4-2-1-3-9(10)11/h1-4,11H,5-8H2. The summed E-state index contributed by atoms with van der Waals surface area (Å²) in [5, 5.41) is -0.352. The SMILES string of the molecule is FC(F)(F)CN1CC(Cl)c2ccccc2C12CC2. The van der Waals surface area contributed by atoms with Crippen LogP contribution in [0.25, 0.3) is 0 Å². The first kappa shape index (κ1) is 12.3. The second-order valence-electron chi connectivity index (χ2n) is 5.08. The number of nitrogens with zero attached hydrogens (tertiary/aromatic N) is 1. The van der Waals surface area contributed by atoms with Crippen molar-refractivity contribution in [2.45, 2.75) is 29.9 Å². The van der Waals surface area contributed by atoms with E-state index in [2.05, 4.69) is 0 Å². The molecule has 1 saturated carbocycles. The second kappa shape index (κ2) is 3.87. The third-order valence-corrected chi connectivity index (χ3v) is 4.25. The topological polar surface area (TPSA) is 3.24 Å². The summed E-state index contributed by atoms with van der Waals surface area (Å²) in [7, 11) is 0. The van der Waals surface area contributed by atoms with Crippen LogP contribution in [0.1, 0.15) is 29.3 Å². The van der Waals surface area contributed by atoms with Crippen molar-refractivity contribution in [1.82, 2.24) is 4.90 Å². The molecule has 18 heavy (non-hydrogen) atoms. The van der Waals surface area contributed by atoms with Gasteiger partial charge in [0.2, 0.25) is 0 Å². The maximum absolute atomic E-state index is 12.6. The molecule has 3 rings (SSSR count). The molecule has 0 bridgehead atoms. The first-order valence-electron chi connectivity index (χ1n) is 5.98. The molecule has 1 heterocycles. The molecule has 1 aliphatic carbocycles. The Morgan fingerprint density at radius 3 is 2.56 bits per heavy atom. The van der Waals surface area contributed by atoms with Gasteiger partial charge in [-0.05, 0) is 24.0 Å². The van der Waals surface area contributed by atoms with E-state index >= 15 is 0 Å². The molecule has 1 nitrogen and oxygen atoms in total. The number of fused-ring (bicyclic) bond motifs is 2. The lowest BCUT2D eigenvalue weighted by atomic mass is 9.90. The Kier molecular flexibility index (Phi) is 2.65. The molecule has 0 radical (unpaired) electrons. The van der Waals surface area contributed by atoms with Crippen LogP contribution in [0, 0.1) is 0 Å². The quantitative estimate of drug-likeness (QED) is 0.704. The smallest absolute Gasteiger partial charge is 0.283 e. The molecular formula is C13H13ClF3N. The van der Waals surface area contributed by atoms with E-state index in [4.69, 9.17) is 11.6 Å². The summed E-state index contributed by atoms with van der Waals surface area (Å²) in [6.07, 6.45) is -2.58. The van der Waals surface area contributed by atoms with Gasteiger partial charge in [-0.3, -0.25) is 4.90 Å². The molecule has 1 aliphatic heterocycles. The molecule has 1 unspecified atom stereocenters. The van der Waals surface area contributed by atoms with Gasteiger partial charge in [0.15, 0.2) is 0 Å². The Balaban J connectivity index is 1.98. The van der Waals surface area contributed by atoms with Crippen molar-refractivity contribution in [2.75, 3.05) is 13.1 Å². The predicted molar refractivity (Wildman–Crippen MR) is 63.6 cm³/mol. The van der Waals surface area contributed by atoms with Crippen LogP contribution in [0.2, 0.25) is 0 Å². The van der Waals surface area contributed by atoms with Crippen molar-refractivity contribution < 1.29 is 13.2 Å². The zero-order valence-corrected chi connectivity index (χ0v) is 10.4. The van der Waals surface area contributed by atoms with E-state index in [1.165, 1.54) is 4.90 Å². The highest BCUT2D eigenvalue weighted by atomic mass is 35.5. The number of hydrogen-bond acceptors (Lipinski definition) is 1. The monoisotopic (exact) mass is 275 g/mol. The van der Waals surface area contributed by atoms with E-state index in [0.29, 0.717) is 0 Å². The zero-order valence-electron chi connectivity index (χ0n) is 9.67. The summed E-state index contributed by atoms with van der Waals surface area (Å²) in [5.41, 5.74) is 1.58. The molecule has 1 aromatic carbocycles. The van der Waals surface area contributed by atoms with Gasteiger partial charge >= 0.3 is 6.18 Å². The van der Waals surface area contributed by atoms with Gasteiger partial charge < -0.3 is 0 Å². The summed E-state index contributed by atoms with van der Waals surface area (Å²) in [6, 6.07) is 7.61. The molecule has 0 amide bonds. The van der Waals surface area contributed by atoms with Crippen molar-refractivity contribution in [1.29, 1.82) is 0 Å². The van der Waals surface area contributed by atoms with Gasteiger partial charge in [0.25, 0.3) is 0 Å². The van der Waals surface area contributed by atoms with Crippen molar-refractivity contribution in [2.24, 2.45) is 0 Å². The van der Waals surface area contributed by atoms with Crippen LogP contribution < -0.4 is 0 Å². The summed E-state index contributed by atoms with van der Waals surface area (Å²) in [5.74, 6) is 0. The molecule has 1 atom stereocenters. The van der Waals surface area contributed by atoms with Gasteiger partial charge in [-0.15, -0.1) is 11.6 Å². The summed E-state index contributed by atoms with van der Waals surface area (Å²) >= 11 is 6.22. The fraction of sp³-hybridized carbons (Fsp3) is 0.538. The third-order valence-electron chi connectivity index (χ3n) is 3.88. The molecule has 5 heteroatoms. The number of rotatable bonds is 1. The second-order valence-corrected chi connectivity index (χ2v) is 5.61. The summed E-state index contributed by atoms with van der Waals surface area (Å²) in [6.45, 7) is -0.595. The van der Waals surface area contributed by atoms with Crippen LogP contribution >= 0.6 is 11.6 Å². The third kappa shape index (κ3) is 1.91. The average molecular weight is 276 g/mol. The van der Waals surface area contributed by atoms with Gasteiger partial charge in [-0.2, -0.15) is 13.2 Å². The van der Waals surface area contributed by atoms with E-state index in [1.807, 2.05) is 24.3 Å². The fourth-order valence-electron chi connectivity index (χ4n) is 2.97. The Labute approximate surface area is 109 Å². The van der Waals surface area contributed by atoms with Crippen LogP contribution in [-0.2, 0) is 5.54 Å². The van der Waals surface area contributed by atoms with E-state index in [9.17, 15) is 13.2 Å². The Morgan fingerprint density at radius 1 is 1.28 bits per heavy atom. The minimum absolute atomic E-state index is 0.276. The van der Waals surface area contributed by atoms with E-state index in [1.54, 1.807) is 0 Å². The Bertz CT molecular complexity index is 468. The molecule has 1 aromatic rings.